The lowest BCUT2D eigenvalue weighted by molar-refractivity contribution is 0.102. The molecule has 0 saturated heterocycles. The minimum Gasteiger partial charge on any atom is -0.423 e. The van der Waals surface area contributed by atoms with Gasteiger partial charge in [-0.05, 0) is 50.2 Å². The van der Waals surface area contributed by atoms with Crippen LogP contribution < -0.4 is 14.9 Å². The molecule has 0 aliphatic carbocycles. The fourth-order valence-corrected chi connectivity index (χ4v) is 3.80. The van der Waals surface area contributed by atoms with Gasteiger partial charge < -0.3 is 14.6 Å². The number of fused-ring (bicyclic) bond motifs is 1. The number of nitrogens with one attached hydrogen (secondary N) is 2. The third-order valence-electron chi connectivity index (χ3n) is 3.84. The highest BCUT2D eigenvalue weighted by atomic mass is 32.2. The van der Waals surface area contributed by atoms with Gasteiger partial charge in [0.05, 0.1) is 4.90 Å². The maximum Gasteiger partial charge on any atom is 0.297 e. The van der Waals surface area contributed by atoms with Crippen molar-refractivity contribution in [3.05, 3.63) is 48.0 Å². The highest BCUT2D eigenvalue weighted by Gasteiger charge is 2.16. The molecule has 8 nitrogen and oxygen atoms in total. The minimum atomic E-state index is -3.59. The number of sulfonamides is 1. The molecule has 148 valence electrons. The normalized spacial score (nSPS) is 11.8. The molecule has 0 unspecified atom stereocenters. The van der Waals surface area contributed by atoms with Crippen molar-refractivity contribution < 1.29 is 17.6 Å². The molecule has 0 spiro atoms. The van der Waals surface area contributed by atoms with Gasteiger partial charge in [0, 0.05) is 37.5 Å². The summed E-state index contributed by atoms with van der Waals surface area (Å²) < 4.78 is 32.5. The van der Waals surface area contributed by atoms with Gasteiger partial charge in [-0.2, -0.15) is 4.98 Å². The molecule has 1 heterocycles. The Morgan fingerprint density at radius 1 is 1.11 bits per heavy atom. The number of oxazole rings is 1. The molecule has 0 aliphatic heterocycles. The molecule has 0 aliphatic rings. The Balaban J connectivity index is 1.76. The van der Waals surface area contributed by atoms with Crippen LogP contribution in [0.2, 0.25) is 0 Å². The van der Waals surface area contributed by atoms with Crippen molar-refractivity contribution in [2.24, 2.45) is 0 Å². The van der Waals surface area contributed by atoms with E-state index in [2.05, 4.69) is 15.0 Å². The number of aromatic nitrogens is 1. The summed E-state index contributed by atoms with van der Waals surface area (Å²) in [4.78, 5) is 18.7. The molecule has 1 aromatic heterocycles. The van der Waals surface area contributed by atoms with Crippen molar-refractivity contribution in [1.29, 1.82) is 0 Å². The number of hydrogen-bond acceptors (Lipinski definition) is 6. The smallest absolute Gasteiger partial charge is 0.297 e. The molecule has 0 saturated carbocycles. The number of benzene rings is 2. The summed E-state index contributed by atoms with van der Waals surface area (Å²) >= 11 is 0. The summed E-state index contributed by atoms with van der Waals surface area (Å²) in [7, 11) is 0.0597. The van der Waals surface area contributed by atoms with Crippen LogP contribution in [0.5, 0.6) is 0 Å². The van der Waals surface area contributed by atoms with Crippen LogP contribution in [0.3, 0.4) is 0 Å². The first-order valence-electron chi connectivity index (χ1n) is 8.67. The van der Waals surface area contributed by atoms with Gasteiger partial charge >= 0.3 is 0 Å². The van der Waals surface area contributed by atoms with Gasteiger partial charge in [0.2, 0.25) is 10.0 Å². The molecule has 0 bridgehead atoms. The minimum absolute atomic E-state index is 0.108. The average molecular weight is 402 g/mol. The van der Waals surface area contributed by atoms with Crippen LogP contribution in [0.4, 0.5) is 11.7 Å². The Morgan fingerprint density at radius 2 is 1.79 bits per heavy atom. The quantitative estimate of drug-likeness (QED) is 0.657. The van der Waals surface area contributed by atoms with E-state index < -0.39 is 10.0 Å². The zero-order valence-electron chi connectivity index (χ0n) is 16.1. The van der Waals surface area contributed by atoms with E-state index in [9.17, 15) is 13.2 Å². The standard InChI is InChI=1S/C19H22N4O4S/c1-12(2)22-28(25,26)15-8-5-13(6-9-15)18(24)20-14-7-10-16-17(11-14)27-19(21-16)23(3)4/h5-12,22H,1-4H3,(H,20,24). The van der Waals surface area contributed by atoms with E-state index in [1.54, 1.807) is 36.9 Å². The summed E-state index contributed by atoms with van der Waals surface area (Å²) in [6, 6.07) is 11.2. The summed E-state index contributed by atoms with van der Waals surface area (Å²) in [5, 5.41) is 2.77. The van der Waals surface area contributed by atoms with Gasteiger partial charge in [0.25, 0.3) is 11.9 Å². The molecule has 2 aromatic carbocycles. The van der Waals surface area contributed by atoms with Crippen molar-refractivity contribution in [2.45, 2.75) is 24.8 Å². The van der Waals surface area contributed by atoms with Crippen molar-refractivity contribution in [2.75, 3.05) is 24.3 Å². The van der Waals surface area contributed by atoms with E-state index in [1.165, 1.54) is 24.3 Å². The molecule has 3 aromatic rings. The molecule has 2 N–H and O–H groups in total. The van der Waals surface area contributed by atoms with Crippen LogP contribution in [0.25, 0.3) is 11.1 Å². The first kappa shape index (κ1) is 19.8. The van der Waals surface area contributed by atoms with E-state index in [1.807, 2.05) is 14.1 Å². The van der Waals surface area contributed by atoms with Gasteiger partial charge in [-0.3, -0.25) is 4.79 Å². The predicted octanol–water partition coefficient (Wildman–Crippen LogP) is 2.83. The van der Waals surface area contributed by atoms with E-state index in [0.29, 0.717) is 28.4 Å². The number of nitrogens with zero attached hydrogens (tertiary/aromatic N) is 2. The van der Waals surface area contributed by atoms with Crippen molar-refractivity contribution >= 4 is 38.7 Å². The van der Waals surface area contributed by atoms with Crippen LogP contribution >= 0.6 is 0 Å². The summed E-state index contributed by atoms with van der Waals surface area (Å²) in [5.74, 6) is -0.354. The lowest BCUT2D eigenvalue weighted by atomic mass is 10.2. The number of rotatable bonds is 6. The van der Waals surface area contributed by atoms with E-state index >= 15 is 0 Å². The molecule has 0 atom stereocenters. The maximum absolute atomic E-state index is 12.5. The summed E-state index contributed by atoms with van der Waals surface area (Å²) in [5.41, 5.74) is 2.14. The van der Waals surface area contributed by atoms with Crippen LogP contribution in [0, 0.1) is 0 Å². The molecule has 0 radical (unpaired) electrons. The fourth-order valence-electron chi connectivity index (χ4n) is 2.55. The molecule has 1 amide bonds. The zero-order chi connectivity index (χ0) is 20.5. The second-order valence-corrected chi connectivity index (χ2v) is 8.54. The lowest BCUT2D eigenvalue weighted by Crippen LogP contribution is -2.30. The Hall–Kier alpha value is -2.91. The molecular weight excluding hydrogens is 380 g/mol. The third-order valence-corrected chi connectivity index (χ3v) is 5.51. The molecular formula is C19H22N4O4S. The average Bonchev–Trinajstić information content (AvgIpc) is 3.04. The van der Waals surface area contributed by atoms with Crippen LogP contribution in [-0.2, 0) is 10.0 Å². The van der Waals surface area contributed by atoms with Crippen molar-refractivity contribution in [1.82, 2.24) is 9.71 Å². The first-order valence-corrected chi connectivity index (χ1v) is 10.2. The molecule has 0 fully saturated rings. The number of anilines is 2. The van der Waals surface area contributed by atoms with Crippen molar-refractivity contribution in [3.63, 3.8) is 0 Å². The van der Waals surface area contributed by atoms with E-state index in [-0.39, 0.29) is 16.8 Å². The Bertz CT molecular complexity index is 1100. The second kappa shape index (κ2) is 7.61. The van der Waals surface area contributed by atoms with Crippen LogP contribution in [-0.4, -0.2) is 39.4 Å². The Labute approximate surface area is 163 Å². The fraction of sp³-hybridized carbons (Fsp3) is 0.263. The van der Waals surface area contributed by atoms with E-state index in [4.69, 9.17) is 4.42 Å². The van der Waals surface area contributed by atoms with Gasteiger partial charge in [0.15, 0.2) is 5.58 Å². The lowest BCUT2D eigenvalue weighted by Gasteiger charge is -2.10. The number of hydrogen-bond donors (Lipinski definition) is 2. The second-order valence-electron chi connectivity index (χ2n) is 6.83. The Kier molecular flexibility index (Phi) is 5.39. The Morgan fingerprint density at radius 3 is 2.39 bits per heavy atom. The van der Waals surface area contributed by atoms with Crippen LogP contribution in [0.1, 0.15) is 24.2 Å². The zero-order valence-corrected chi connectivity index (χ0v) is 16.9. The topological polar surface area (TPSA) is 105 Å². The number of carbonyl (C=O) groups is 1. The molecule has 9 heteroatoms. The first-order chi connectivity index (χ1) is 13.2. The van der Waals surface area contributed by atoms with E-state index in [0.717, 1.165) is 0 Å². The van der Waals surface area contributed by atoms with Crippen LogP contribution in [0.15, 0.2) is 51.8 Å². The largest absolute Gasteiger partial charge is 0.423 e. The van der Waals surface area contributed by atoms with Gasteiger partial charge in [-0.1, -0.05) is 0 Å². The maximum atomic E-state index is 12.5. The predicted molar refractivity (Wildman–Crippen MR) is 108 cm³/mol. The summed E-state index contributed by atoms with van der Waals surface area (Å²) in [6.45, 7) is 3.48. The van der Waals surface area contributed by atoms with Gasteiger partial charge in [-0.15, -0.1) is 0 Å². The highest BCUT2D eigenvalue weighted by Crippen LogP contribution is 2.24. The van der Waals surface area contributed by atoms with Gasteiger partial charge in [0.1, 0.15) is 5.52 Å². The number of carbonyl (C=O) groups excluding carboxylic acids is 1. The van der Waals surface area contributed by atoms with Crippen molar-refractivity contribution in [3.8, 4) is 0 Å². The third kappa shape index (κ3) is 4.32. The molecule has 28 heavy (non-hydrogen) atoms. The monoisotopic (exact) mass is 402 g/mol. The number of amides is 1. The molecule has 3 rings (SSSR count). The van der Waals surface area contributed by atoms with Gasteiger partial charge in [-0.25, -0.2) is 13.1 Å². The SMILES string of the molecule is CC(C)NS(=O)(=O)c1ccc(C(=O)Nc2ccc3nc(N(C)C)oc3c2)cc1. The summed E-state index contributed by atoms with van der Waals surface area (Å²) in [6.07, 6.45) is 0. The highest BCUT2D eigenvalue weighted by molar-refractivity contribution is 7.89.